The molecule has 0 amide bonds. The van der Waals surface area contributed by atoms with Crippen molar-refractivity contribution in [2.45, 2.75) is 25.7 Å². The summed E-state index contributed by atoms with van der Waals surface area (Å²) in [5.74, 6) is -0.259. The summed E-state index contributed by atoms with van der Waals surface area (Å²) in [6.07, 6.45) is 5.41. The molecule has 30 heavy (non-hydrogen) atoms. The number of benzene rings is 2. The topological polar surface area (TPSA) is 64.3 Å². The molecule has 5 nitrogen and oxygen atoms in total. The van der Waals surface area contributed by atoms with Crippen molar-refractivity contribution in [2.75, 3.05) is 7.11 Å². The van der Waals surface area contributed by atoms with E-state index in [4.69, 9.17) is 27.9 Å². The first-order chi connectivity index (χ1) is 14.5. The first-order valence-corrected chi connectivity index (χ1v) is 10.4. The van der Waals surface area contributed by atoms with Gasteiger partial charge in [0.25, 0.3) is 0 Å². The average molecular weight is 443 g/mol. The van der Waals surface area contributed by atoms with Crippen LogP contribution in [0.2, 0.25) is 10.0 Å². The van der Waals surface area contributed by atoms with Crippen molar-refractivity contribution in [2.24, 2.45) is 0 Å². The monoisotopic (exact) mass is 442 g/mol. The number of carboxylic acid groups (broad SMARTS) is 1. The molecule has 154 valence electrons. The normalized spacial score (nSPS) is 15.0. The van der Waals surface area contributed by atoms with E-state index in [0.29, 0.717) is 22.2 Å². The van der Waals surface area contributed by atoms with Crippen molar-refractivity contribution in [3.8, 4) is 11.4 Å². The number of ether oxygens (including phenoxy) is 1. The largest absolute Gasteiger partial charge is 0.497 e. The van der Waals surface area contributed by atoms with Gasteiger partial charge >= 0.3 is 5.97 Å². The average Bonchev–Trinajstić information content (AvgIpc) is 2.98. The van der Waals surface area contributed by atoms with Gasteiger partial charge in [0.2, 0.25) is 0 Å². The van der Waals surface area contributed by atoms with Crippen molar-refractivity contribution in [1.29, 1.82) is 0 Å². The number of fused-ring (bicyclic) bond motifs is 1. The third-order valence-corrected chi connectivity index (χ3v) is 5.75. The second-order valence-corrected chi connectivity index (χ2v) is 7.98. The summed E-state index contributed by atoms with van der Waals surface area (Å²) in [4.78, 5) is 11.9. The van der Waals surface area contributed by atoms with Crippen LogP contribution < -0.4 is 4.74 Å². The fourth-order valence-corrected chi connectivity index (χ4v) is 4.28. The van der Waals surface area contributed by atoms with E-state index in [2.05, 4.69) is 11.2 Å². The van der Waals surface area contributed by atoms with Crippen molar-refractivity contribution >= 4 is 40.8 Å². The van der Waals surface area contributed by atoms with E-state index in [9.17, 15) is 9.90 Å². The Morgan fingerprint density at radius 3 is 2.53 bits per heavy atom. The fourth-order valence-electron chi connectivity index (χ4n) is 3.79. The van der Waals surface area contributed by atoms with Gasteiger partial charge in [-0.25, -0.2) is 9.48 Å². The zero-order valence-corrected chi connectivity index (χ0v) is 17.9. The summed E-state index contributed by atoms with van der Waals surface area (Å²) >= 11 is 12.5. The van der Waals surface area contributed by atoms with Gasteiger partial charge < -0.3 is 9.84 Å². The number of nitrogens with zero attached hydrogens (tertiary/aromatic N) is 2. The molecule has 1 aromatic heterocycles. The molecule has 3 aromatic rings. The highest BCUT2D eigenvalue weighted by Gasteiger charge is 2.27. The number of hydrogen-bond acceptors (Lipinski definition) is 3. The van der Waals surface area contributed by atoms with E-state index in [1.807, 2.05) is 24.3 Å². The quantitative estimate of drug-likeness (QED) is 0.491. The summed E-state index contributed by atoms with van der Waals surface area (Å²) < 4.78 is 6.89. The lowest BCUT2D eigenvalue weighted by Crippen LogP contribution is -2.04. The number of carboxylic acids is 1. The second kappa shape index (κ2) is 8.54. The number of hydrogen-bond donors (Lipinski definition) is 1. The van der Waals surface area contributed by atoms with Gasteiger partial charge in [0.05, 0.1) is 23.5 Å². The summed E-state index contributed by atoms with van der Waals surface area (Å²) in [6.45, 7) is 0. The molecular formula is C23H20Cl2N2O3. The smallest absolute Gasteiger partial charge is 0.356 e. The van der Waals surface area contributed by atoms with E-state index in [1.165, 1.54) is 0 Å². The lowest BCUT2D eigenvalue weighted by molar-refractivity contribution is 0.0688. The van der Waals surface area contributed by atoms with Gasteiger partial charge in [0.15, 0.2) is 5.69 Å². The molecule has 7 heteroatoms. The molecule has 0 atom stereocenters. The van der Waals surface area contributed by atoms with Crippen LogP contribution in [0.4, 0.5) is 0 Å². The Labute approximate surface area is 184 Å². The minimum absolute atomic E-state index is 0.0681. The lowest BCUT2D eigenvalue weighted by atomic mass is 10.0. The first kappa shape index (κ1) is 20.5. The Bertz CT molecular complexity index is 1130. The van der Waals surface area contributed by atoms with Gasteiger partial charge in [-0.05, 0) is 73.2 Å². The van der Waals surface area contributed by atoms with Crippen LogP contribution in [-0.2, 0) is 6.42 Å². The van der Waals surface area contributed by atoms with Crippen LogP contribution >= 0.6 is 23.2 Å². The molecule has 0 bridgehead atoms. The second-order valence-electron chi connectivity index (χ2n) is 7.14. The van der Waals surface area contributed by atoms with E-state index in [1.54, 1.807) is 30.0 Å². The summed E-state index contributed by atoms with van der Waals surface area (Å²) in [6, 6.07) is 12.9. The van der Waals surface area contributed by atoms with Crippen molar-refractivity contribution in [3.05, 3.63) is 75.0 Å². The molecule has 1 N–H and O–H groups in total. The molecule has 0 aliphatic heterocycles. The standard InChI is InChI=1S/C23H20Cl2N2O3/c1-30-17-9-6-14(7-10-17)12-15-4-2-3-5-18-21(23(28)29)26-27(22(15)18)20-11-8-16(24)13-19(20)25/h6-13H,2-5H2,1H3,(H,28,29)/b15-12+. The first-order valence-electron chi connectivity index (χ1n) is 9.63. The molecule has 2 aromatic carbocycles. The maximum Gasteiger partial charge on any atom is 0.356 e. The molecule has 0 unspecified atom stereocenters. The lowest BCUT2D eigenvalue weighted by Gasteiger charge is -2.13. The Hall–Kier alpha value is -2.76. The molecule has 0 saturated heterocycles. The van der Waals surface area contributed by atoms with Crippen LogP contribution in [0.1, 0.15) is 46.6 Å². The highest BCUT2D eigenvalue weighted by molar-refractivity contribution is 6.35. The Kier molecular flexibility index (Phi) is 5.84. The number of rotatable bonds is 4. The maximum atomic E-state index is 11.9. The third kappa shape index (κ3) is 3.95. The molecule has 0 radical (unpaired) electrons. The Morgan fingerprint density at radius 2 is 1.87 bits per heavy atom. The van der Waals surface area contributed by atoms with Gasteiger partial charge in [-0.1, -0.05) is 35.3 Å². The molecule has 0 fully saturated rings. The van der Waals surface area contributed by atoms with E-state index < -0.39 is 5.97 Å². The highest BCUT2D eigenvalue weighted by Crippen LogP contribution is 2.36. The summed E-state index contributed by atoms with van der Waals surface area (Å²) in [5, 5.41) is 15.1. The third-order valence-electron chi connectivity index (χ3n) is 5.21. The fraction of sp³-hybridized carbons (Fsp3) is 0.217. The van der Waals surface area contributed by atoms with Gasteiger partial charge in [-0.2, -0.15) is 5.10 Å². The number of aromatic nitrogens is 2. The Balaban J connectivity index is 1.93. The van der Waals surface area contributed by atoms with Crippen LogP contribution in [-0.4, -0.2) is 28.0 Å². The van der Waals surface area contributed by atoms with Crippen LogP contribution in [0, 0.1) is 0 Å². The zero-order valence-electron chi connectivity index (χ0n) is 16.4. The number of aromatic carboxylic acids is 1. The van der Waals surface area contributed by atoms with Crippen molar-refractivity contribution < 1.29 is 14.6 Å². The summed E-state index contributed by atoms with van der Waals surface area (Å²) in [7, 11) is 1.63. The van der Waals surface area contributed by atoms with E-state index in [0.717, 1.165) is 47.4 Å². The van der Waals surface area contributed by atoms with Gasteiger partial charge in [-0.15, -0.1) is 0 Å². The predicted octanol–water partition coefficient (Wildman–Crippen LogP) is 6.15. The number of allylic oxidation sites excluding steroid dienone is 1. The molecule has 1 heterocycles. The van der Waals surface area contributed by atoms with Crippen molar-refractivity contribution in [3.63, 3.8) is 0 Å². The number of methoxy groups -OCH3 is 1. The molecule has 4 rings (SSSR count). The zero-order chi connectivity index (χ0) is 21.3. The highest BCUT2D eigenvalue weighted by atomic mass is 35.5. The van der Waals surface area contributed by atoms with Crippen LogP contribution in [0.25, 0.3) is 17.3 Å². The van der Waals surface area contributed by atoms with Crippen LogP contribution in [0.3, 0.4) is 0 Å². The van der Waals surface area contributed by atoms with E-state index >= 15 is 0 Å². The van der Waals surface area contributed by atoms with Crippen molar-refractivity contribution in [1.82, 2.24) is 9.78 Å². The maximum absolute atomic E-state index is 11.9. The van der Waals surface area contributed by atoms with Crippen LogP contribution in [0.15, 0.2) is 42.5 Å². The number of carbonyl (C=O) groups is 1. The Morgan fingerprint density at radius 1 is 1.13 bits per heavy atom. The minimum Gasteiger partial charge on any atom is -0.497 e. The predicted molar refractivity (Wildman–Crippen MR) is 119 cm³/mol. The molecule has 1 aliphatic carbocycles. The SMILES string of the molecule is COc1ccc(/C=C2\CCCCc3c(C(=O)O)nn(-c4ccc(Cl)cc4Cl)c32)cc1. The van der Waals surface area contributed by atoms with Gasteiger partial charge in [0, 0.05) is 10.6 Å². The molecular weight excluding hydrogens is 423 g/mol. The molecule has 0 saturated carbocycles. The van der Waals surface area contributed by atoms with E-state index in [-0.39, 0.29) is 5.69 Å². The molecule has 0 spiro atoms. The van der Waals surface area contributed by atoms with Gasteiger partial charge in [-0.3, -0.25) is 0 Å². The van der Waals surface area contributed by atoms with Gasteiger partial charge in [0.1, 0.15) is 5.75 Å². The number of halogens is 2. The molecule has 1 aliphatic rings. The minimum atomic E-state index is -1.04. The van der Waals surface area contributed by atoms with Crippen LogP contribution in [0.5, 0.6) is 5.75 Å². The summed E-state index contributed by atoms with van der Waals surface area (Å²) in [5.41, 5.74) is 4.24.